The fraction of sp³-hybridized carbons (Fsp3) is 0.600. The fourth-order valence-electron chi connectivity index (χ4n) is 2.61. The first kappa shape index (κ1) is 15.0. The number of rotatable bonds is 4. The van der Waals surface area contributed by atoms with Crippen LogP contribution in [0.25, 0.3) is 0 Å². The van der Waals surface area contributed by atoms with Crippen molar-refractivity contribution in [2.24, 2.45) is 0 Å². The average Bonchev–Trinajstić information content (AvgIpc) is 2.46. The summed E-state index contributed by atoms with van der Waals surface area (Å²) in [5.41, 5.74) is 2.37. The summed E-state index contributed by atoms with van der Waals surface area (Å²) >= 11 is 12.1. The molecular weight excluding hydrogens is 279 g/mol. The molecule has 1 fully saturated rings. The predicted octanol–water partition coefficient (Wildman–Crippen LogP) is 4.00. The van der Waals surface area contributed by atoms with E-state index < -0.39 is 0 Å². The minimum Gasteiger partial charge on any atom is -0.369 e. The second-order valence-electron chi connectivity index (χ2n) is 5.19. The first-order chi connectivity index (χ1) is 9.15. The highest BCUT2D eigenvalue weighted by Crippen LogP contribution is 2.27. The van der Waals surface area contributed by atoms with E-state index >= 15 is 0 Å². The summed E-state index contributed by atoms with van der Waals surface area (Å²) < 4.78 is 0. The molecule has 2 rings (SSSR count). The maximum atomic E-state index is 6.11. The quantitative estimate of drug-likeness (QED) is 0.776. The molecule has 1 heterocycles. The average molecular weight is 301 g/mol. The molecule has 0 radical (unpaired) electrons. The van der Waals surface area contributed by atoms with Gasteiger partial charge in [0.25, 0.3) is 0 Å². The Labute approximate surface area is 126 Å². The number of benzene rings is 1. The van der Waals surface area contributed by atoms with Crippen LogP contribution in [0.2, 0.25) is 5.02 Å². The minimum absolute atomic E-state index is 0.540. The Morgan fingerprint density at radius 3 is 2.47 bits per heavy atom. The molecule has 106 valence electrons. The van der Waals surface area contributed by atoms with Crippen LogP contribution >= 0.6 is 23.2 Å². The molecule has 1 aromatic rings. The van der Waals surface area contributed by atoms with Crippen LogP contribution in [0.5, 0.6) is 0 Å². The van der Waals surface area contributed by atoms with Gasteiger partial charge in [0.2, 0.25) is 0 Å². The van der Waals surface area contributed by atoms with Gasteiger partial charge in [-0.25, -0.2) is 0 Å². The normalized spacial score (nSPS) is 18.6. The third kappa shape index (κ3) is 3.56. The Balaban J connectivity index is 2.07. The number of nitrogens with zero attached hydrogens (tertiary/aromatic N) is 2. The fourth-order valence-corrected chi connectivity index (χ4v) is 3.00. The van der Waals surface area contributed by atoms with E-state index in [0.29, 0.717) is 11.9 Å². The van der Waals surface area contributed by atoms with Gasteiger partial charge >= 0.3 is 0 Å². The Morgan fingerprint density at radius 2 is 1.89 bits per heavy atom. The summed E-state index contributed by atoms with van der Waals surface area (Å²) in [5.74, 6) is 0.540. The molecule has 0 aliphatic carbocycles. The molecule has 1 saturated heterocycles. The lowest BCUT2D eigenvalue weighted by molar-refractivity contribution is 0.193. The van der Waals surface area contributed by atoms with Crippen LogP contribution in [0.15, 0.2) is 18.2 Å². The Bertz CT molecular complexity index is 415. The van der Waals surface area contributed by atoms with Crippen molar-refractivity contribution in [2.45, 2.75) is 32.2 Å². The smallest absolute Gasteiger partial charge is 0.0494 e. The van der Waals surface area contributed by atoms with Crippen molar-refractivity contribution in [1.82, 2.24) is 4.90 Å². The molecule has 0 spiro atoms. The molecule has 0 amide bonds. The summed E-state index contributed by atoms with van der Waals surface area (Å²) in [4.78, 5) is 4.96. The van der Waals surface area contributed by atoms with Crippen molar-refractivity contribution in [1.29, 1.82) is 0 Å². The lowest BCUT2D eigenvalue weighted by atomic mass is 10.1. The molecule has 19 heavy (non-hydrogen) atoms. The van der Waals surface area contributed by atoms with Gasteiger partial charge in [-0.3, -0.25) is 4.90 Å². The summed E-state index contributed by atoms with van der Waals surface area (Å²) in [6.45, 7) is 8.88. The first-order valence-corrected chi connectivity index (χ1v) is 7.90. The van der Waals surface area contributed by atoms with Crippen LogP contribution < -0.4 is 4.90 Å². The van der Waals surface area contributed by atoms with Gasteiger partial charge in [0.05, 0.1) is 0 Å². The summed E-state index contributed by atoms with van der Waals surface area (Å²) in [6, 6.07) is 6.66. The number of halogens is 2. The van der Waals surface area contributed by atoms with Crippen molar-refractivity contribution in [3.8, 4) is 0 Å². The third-order valence-corrected chi connectivity index (χ3v) is 4.58. The molecular formula is C15H22Cl2N2. The third-order valence-electron chi connectivity index (χ3n) is 4.06. The highest BCUT2D eigenvalue weighted by Gasteiger charge is 2.21. The van der Waals surface area contributed by atoms with Gasteiger partial charge in [0.15, 0.2) is 0 Å². The topological polar surface area (TPSA) is 6.48 Å². The second-order valence-corrected chi connectivity index (χ2v) is 5.89. The van der Waals surface area contributed by atoms with E-state index in [9.17, 15) is 0 Å². The molecule has 0 saturated carbocycles. The number of hydrogen-bond acceptors (Lipinski definition) is 2. The van der Waals surface area contributed by atoms with Gasteiger partial charge in [-0.1, -0.05) is 24.6 Å². The summed E-state index contributed by atoms with van der Waals surface area (Å²) in [6.07, 6.45) is 1.21. The van der Waals surface area contributed by atoms with Gasteiger partial charge in [-0.15, -0.1) is 11.6 Å². The zero-order valence-corrected chi connectivity index (χ0v) is 13.2. The van der Waals surface area contributed by atoms with Crippen LogP contribution in [-0.4, -0.2) is 37.1 Å². The first-order valence-electron chi connectivity index (χ1n) is 6.99. The highest BCUT2D eigenvalue weighted by atomic mass is 35.5. The summed E-state index contributed by atoms with van der Waals surface area (Å²) in [5, 5.41) is 0.785. The van der Waals surface area contributed by atoms with E-state index in [1.807, 2.05) is 18.2 Å². The second kappa shape index (κ2) is 6.83. The maximum absolute atomic E-state index is 6.11. The molecule has 1 aliphatic heterocycles. The number of anilines is 1. The van der Waals surface area contributed by atoms with Crippen molar-refractivity contribution in [3.05, 3.63) is 28.8 Å². The largest absolute Gasteiger partial charge is 0.369 e. The molecule has 0 N–H and O–H groups in total. The van der Waals surface area contributed by atoms with Gasteiger partial charge in [-0.05, 0) is 31.0 Å². The molecule has 0 aromatic heterocycles. The molecule has 1 aromatic carbocycles. The van der Waals surface area contributed by atoms with Crippen LogP contribution in [0.1, 0.15) is 25.8 Å². The van der Waals surface area contributed by atoms with E-state index in [0.717, 1.165) is 31.2 Å². The Kier molecular flexibility index (Phi) is 5.37. The molecule has 1 aliphatic rings. The SMILES string of the molecule is CCC(C)N1CCN(c2cc(Cl)ccc2CCl)CC1. The molecule has 4 heteroatoms. The predicted molar refractivity (Wildman–Crippen MR) is 84.5 cm³/mol. The van der Waals surface area contributed by atoms with E-state index in [4.69, 9.17) is 23.2 Å². The monoisotopic (exact) mass is 300 g/mol. The maximum Gasteiger partial charge on any atom is 0.0494 e. The minimum atomic E-state index is 0.540. The molecule has 1 unspecified atom stereocenters. The summed E-state index contributed by atoms with van der Waals surface area (Å²) in [7, 11) is 0. The molecule has 2 nitrogen and oxygen atoms in total. The Morgan fingerprint density at radius 1 is 1.21 bits per heavy atom. The van der Waals surface area contributed by atoms with Gasteiger partial charge < -0.3 is 4.90 Å². The van der Waals surface area contributed by atoms with Crippen LogP contribution in [0, 0.1) is 0 Å². The van der Waals surface area contributed by atoms with Crippen molar-refractivity contribution in [3.63, 3.8) is 0 Å². The lowest BCUT2D eigenvalue weighted by Gasteiger charge is -2.39. The van der Waals surface area contributed by atoms with Crippen LogP contribution in [0.4, 0.5) is 5.69 Å². The van der Waals surface area contributed by atoms with Crippen molar-refractivity contribution in [2.75, 3.05) is 31.1 Å². The van der Waals surface area contributed by atoms with Crippen molar-refractivity contribution >= 4 is 28.9 Å². The number of hydrogen-bond donors (Lipinski definition) is 0. The lowest BCUT2D eigenvalue weighted by Crippen LogP contribution is -2.49. The number of piperazine rings is 1. The Hall–Kier alpha value is -0.440. The van der Waals surface area contributed by atoms with Gasteiger partial charge in [-0.2, -0.15) is 0 Å². The molecule has 1 atom stereocenters. The van der Waals surface area contributed by atoms with E-state index in [1.165, 1.54) is 17.7 Å². The highest BCUT2D eigenvalue weighted by molar-refractivity contribution is 6.31. The standard InChI is InChI=1S/C15H22Cl2N2/c1-3-12(2)18-6-8-19(9-7-18)15-10-14(17)5-4-13(15)11-16/h4-5,10,12H,3,6-9,11H2,1-2H3. The van der Waals surface area contributed by atoms with Gasteiger partial charge in [0, 0.05) is 48.8 Å². The van der Waals surface area contributed by atoms with Crippen molar-refractivity contribution < 1.29 is 0 Å². The van der Waals surface area contributed by atoms with Crippen LogP contribution in [-0.2, 0) is 5.88 Å². The van der Waals surface area contributed by atoms with Crippen LogP contribution in [0.3, 0.4) is 0 Å². The number of alkyl halides is 1. The van der Waals surface area contributed by atoms with E-state index in [2.05, 4.69) is 23.6 Å². The van der Waals surface area contributed by atoms with Gasteiger partial charge in [0.1, 0.15) is 0 Å². The molecule has 0 bridgehead atoms. The van der Waals surface area contributed by atoms with E-state index in [1.54, 1.807) is 0 Å². The zero-order valence-electron chi connectivity index (χ0n) is 11.7. The zero-order chi connectivity index (χ0) is 13.8. The van der Waals surface area contributed by atoms with E-state index in [-0.39, 0.29) is 0 Å².